The van der Waals surface area contributed by atoms with E-state index in [4.69, 9.17) is 4.74 Å². The van der Waals surface area contributed by atoms with Crippen LogP contribution in [-0.2, 0) is 19.6 Å². The number of hydrogen-bond donors (Lipinski definition) is 0. The van der Waals surface area contributed by atoms with Crippen LogP contribution in [0.4, 0.5) is 8.78 Å². The van der Waals surface area contributed by atoms with Gasteiger partial charge in [-0.1, -0.05) is 0 Å². The van der Waals surface area contributed by atoms with Gasteiger partial charge in [-0.25, -0.2) is 17.2 Å². The summed E-state index contributed by atoms with van der Waals surface area (Å²) in [5, 5.41) is 0. The van der Waals surface area contributed by atoms with Crippen LogP contribution >= 0.6 is 0 Å². The zero-order valence-corrected chi connectivity index (χ0v) is 13.8. The first-order valence-corrected chi connectivity index (χ1v) is 9.19. The third kappa shape index (κ3) is 3.28. The highest BCUT2D eigenvalue weighted by Gasteiger charge is 2.35. The van der Waals surface area contributed by atoms with Crippen molar-refractivity contribution in [2.75, 3.05) is 32.8 Å². The Morgan fingerprint density at radius 1 is 1.17 bits per heavy atom. The summed E-state index contributed by atoms with van der Waals surface area (Å²) in [5.74, 6) is -1.95. The van der Waals surface area contributed by atoms with Crippen LogP contribution in [0.1, 0.15) is 12.8 Å². The third-order valence-corrected chi connectivity index (χ3v) is 6.18. The van der Waals surface area contributed by atoms with E-state index in [0.29, 0.717) is 19.1 Å². The molecule has 2 heterocycles. The molecule has 1 aromatic rings. The number of halogens is 2. The molecule has 1 atom stereocenters. The van der Waals surface area contributed by atoms with Crippen LogP contribution in [0.5, 0.6) is 0 Å². The molecular formula is C15H18F2N2O4S. The zero-order chi connectivity index (χ0) is 17.3. The molecule has 0 spiro atoms. The molecule has 0 aromatic heterocycles. The molecular weight excluding hydrogens is 342 g/mol. The Balaban J connectivity index is 1.69. The van der Waals surface area contributed by atoms with Crippen LogP contribution in [0.2, 0.25) is 0 Å². The summed E-state index contributed by atoms with van der Waals surface area (Å²) in [6, 6.07) is 2.33. The van der Waals surface area contributed by atoms with Gasteiger partial charge in [0.1, 0.15) is 22.6 Å². The maximum absolute atomic E-state index is 13.8. The SMILES string of the molecule is O=C([C@H]1CCCO1)N1CCN(S(=O)(=O)c2cc(F)ccc2F)CC1. The molecule has 24 heavy (non-hydrogen) atoms. The first kappa shape index (κ1) is 17.2. The number of ether oxygens (including phenoxy) is 1. The molecule has 2 aliphatic rings. The highest BCUT2D eigenvalue weighted by Crippen LogP contribution is 2.22. The van der Waals surface area contributed by atoms with Crippen molar-refractivity contribution in [2.24, 2.45) is 0 Å². The molecule has 6 nitrogen and oxygen atoms in total. The van der Waals surface area contributed by atoms with Crippen LogP contribution in [0, 0.1) is 11.6 Å². The summed E-state index contributed by atoms with van der Waals surface area (Å²) in [5.41, 5.74) is 0. The Hall–Kier alpha value is -1.58. The molecule has 2 saturated heterocycles. The number of nitrogens with zero attached hydrogens (tertiary/aromatic N) is 2. The topological polar surface area (TPSA) is 66.9 Å². The van der Waals surface area contributed by atoms with Gasteiger partial charge < -0.3 is 9.64 Å². The predicted octanol–water partition coefficient (Wildman–Crippen LogP) is 0.977. The summed E-state index contributed by atoms with van der Waals surface area (Å²) in [6.45, 7) is 1.04. The summed E-state index contributed by atoms with van der Waals surface area (Å²) < 4.78 is 58.4. The minimum absolute atomic E-state index is 0.0384. The van der Waals surface area contributed by atoms with Gasteiger partial charge in [-0.2, -0.15) is 4.31 Å². The second-order valence-corrected chi connectivity index (χ2v) is 7.71. The molecule has 132 valence electrons. The van der Waals surface area contributed by atoms with Crippen molar-refractivity contribution in [3.8, 4) is 0 Å². The quantitative estimate of drug-likeness (QED) is 0.806. The molecule has 0 bridgehead atoms. The van der Waals surface area contributed by atoms with Crippen molar-refractivity contribution >= 4 is 15.9 Å². The molecule has 0 unspecified atom stereocenters. The monoisotopic (exact) mass is 360 g/mol. The molecule has 9 heteroatoms. The van der Waals surface area contributed by atoms with Gasteiger partial charge in [-0.05, 0) is 31.0 Å². The van der Waals surface area contributed by atoms with E-state index in [0.717, 1.165) is 22.9 Å². The van der Waals surface area contributed by atoms with Gasteiger partial charge >= 0.3 is 0 Å². The third-order valence-electron chi connectivity index (χ3n) is 4.27. The Bertz CT molecular complexity index is 727. The normalized spacial score (nSPS) is 22.8. The first-order chi connectivity index (χ1) is 11.4. The van der Waals surface area contributed by atoms with Crippen LogP contribution in [0.15, 0.2) is 23.1 Å². The largest absolute Gasteiger partial charge is 0.368 e. The second kappa shape index (κ2) is 6.73. The Morgan fingerprint density at radius 3 is 2.50 bits per heavy atom. The molecule has 0 aliphatic carbocycles. The molecule has 3 rings (SSSR count). The van der Waals surface area contributed by atoms with E-state index in [1.165, 1.54) is 0 Å². The Morgan fingerprint density at radius 2 is 1.88 bits per heavy atom. The number of carbonyl (C=O) groups excluding carboxylic acids is 1. The number of amides is 1. The second-order valence-electron chi connectivity index (χ2n) is 5.81. The molecule has 0 saturated carbocycles. The number of hydrogen-bond acceptors (Lipinski definition) is 4. The van der Waals surface area contributed by atoms with Crippen molar-refractivity contribution in [1.82, 2.24) is 9.21 Å². The Kier molecular flexibility index (Phi) is 4.84. The lowest BCUT2D eigenvalue weighted by molar-refractivity contribution is -0.142. The lowest BCUT2D eigenvalue weighted by atomic mass is 10.2. The number of rotatable bonds is 3. The number of carbonyl (C=O) groups is 1. The smallest absolute Gasteiger partial charge is 0.251 e. The first-order valence-electron chi connectivity index (χ1n) is 7.75. The van der Waals surface area contributed by atoms with Crippen molar-refractivity contribution in [1.29, 1.82) is 0 Å². The Labute approximate surface area is 139 Å². The number of sulfonamides is 1. The van der Waals surface area contributed by atoms with Crippen LogP contribution in [-0.4, -0.2) is 62.4 Å². The fourth-order valence-corrected chi connectivity index (χ4v) is 4.44. The van der Waals surface area contributed by atoms with Gasteiger partial charge in [0.05, 0.1) is 0 Å². The summed E-state index contributed by atoms with van der Waals surface area (Å²) in [4.78, 5) is 13.1. The molecule has 1 amide bonds. The van der Waals surface area contributed by atoms with Gasteiger partial charge in [-0.15, -0.1) is 0 Å². The zero-order valence-electron chi connectivity index (χ0n) is 13.0. The van der Waals surface area contributed by atoms with E-state index < -0.39 is 32.7 Å². The maximum Gasteiger partial charge on any atom is 0.251 e. The van der Waals surface area contributed by atoms with E-state index in [1.54, 1.807) is 4.90 Å². The van der Waals surface area contributed by atoms with Crippen molar-refractivity contribution in [3.05, 3.63) is 29.8 Å². The summed E-state index contributed by atoms with van der Waals surface area (Å²) >= 11 is 0. The fourth-order valence-electron chi connectivity index (χ4n) is 2.94. The van der Waals surface area contributed by atoms with E-state index >= 15 is 0 Å². The standard InChI is InChI=1S/C15H18F2N2O4S/c16-11-3-4-12(17)14(10-11)24(21,22)19-7-5-18(6-8-19)15(20)13-2-1-9-23-13/h3-4,10,13H,1-2,5-9H2/t13-/m1/s1. The molecule has 0 N–H and O–H groups in total. The van der Waals surface area contributed by atoms with Crippen molar-refractivity contribution < 1.29 is 26.7 Å². The lowest BCUT2D eigenvalue weighted by Crippen LogP contribution is -2.52. The fraction of sp³-hybridized carbons (Fsp3) is 0.533. The molecule has 2 fully saturated rings. The number of piperazine rings is 1. The van der Waals surface area contributed by atoms with Gasteiger partial charge in [0.15, 0.2) is 0 Å². The van der Waals surface area contributed by atoms with Gasteiger partial charge in [-0.3, -0.25) is 4.79 Å². The minimum Gasteiger partial charge on any atom is -0.368 e. The molecule has 0 radical (unpaired) electrons. The van der Waals surface area contributed by atoms with Crippen molar-refractivity contribution in [3.63, 3.8) is 0 Å². The van der Waals surface area contributed by atoms with Gasteiger partial charge in [0.25, 0.3) is 5.91 Å². The number of benzene rings is 1. The van der Waals surface area contributed by atoms with Crippen LogP contribution in [0.25, 0.3) is 0 Å². The van der Waals surface area contributed by atoms with Crippen LogP contribution in [0.3, 0.4) is 0 Å². The summed E-state index contributed by atoms with van der Waals surface area (Å²) in [6.07, 6.45) is 1.06. The highest BCUT2D eigenvalue weighted by atomic mass is 32.2. The van der Waals surface area contributed by atoms with Crippen molar-refractivity contribution in [2.45, 2.75) is 23.8 Å². The molecule has 1 aromatic carbocycles. The van der Waals surface area contributed by atoms with E-state index in [2.05, 4.69) is 0 Å². The van der Waals surface area contributed by atoms with Gasteiger partial charge in [0, 0.05) is 32.8 Å². The van der Waals surface area contributed by atoms with E-state index in [-0.39, 0.29) is 32.1 Å². The van der Waals surface area contributed by atoms with E-state index in [9.17, 15) is 22.0 Å². The average molecular weight is 360 g/mol. The average Bonchev–Trinajstić information content (AvgIpc) is 3.11. The van der Waals surface area contributed by atoms with E-state index in [1.807, 2.05) is 0 Å². The summed E-state index contributed by atoms with van der Waals surface area (Å²) in [7, 11) is -4.13. The highest BCUT2D eigenvalue weighted by molar-refractivity contribution is 7.89. The van der Waals surface area contributed by atoms with Crippen LogP contribution < -0.4 is 0 Å². The van der Waals surface area contributed by atoms with Gasteiger partial charge in [0.2, 0.25) is 10.0 Å². The minimum atomic E-state index is -4.13. The maximum atomic E-state index is 13.8. The predicted molar refractivity (Wildman–Crippen MR) is 80.7 cm³/mol. The lowest BCUT2D eigenvalue weighted by Gasteiger charge is -2.35. The molecule has 2 aliphatic heterocycles.